The minimum atomic E-state index is 0.0120. The minimum Gasteiger partial charge on any atom is -0.328 e. The number of rotatable bonds is 3. The van der Waals surface area contributed by atoms with Gasteiger partial charge in [-0.3, -0.25) is 9.89 Å². The van der Waals surface area contributed by atoms with E-state index in [1.54, 1.807) is 0 Å². The molecule has 0 radical (unpaired) electrons. The molecule has 2 heterocycles. The second-order valence-electron chi connectivity index (χ2n) is 6.14. The lowest BCUT2D eigenvalue weighted by Gasteiger charge is -2.36. The lowest BCUT2D eigenvalue weighted by atomic mass is 10.00. The van der Waals surface area contributed by atoms with E-state index in [0.717, 1.165) is 30.8 Å². The fourth-order valence-corrected chi connectivity index (χ4v) is 3.05. The first-order valence-electron chi connectivity index (χ1n) is 8.24. The maximum Gasteiger partial charge on any atom is 0.275 e. The highest BCUT2D eigenvalue weighted by Gasteiger charge is 2.30. The number of aromatic amines is 1. The number of aryl methyl sites for hydroxylation is 2. The van der Waals surface area contributed by atoms with Crippen LogP contribution in [-0.2, 0) is 6.42 Å². The lowest BCUT2D eigenvalue weighted by Crippen LogP contribution is -2.48. The van der Waals surface area contributed by atoms with Crippen LogP contribution in [0.3, 0.4) is 0 Å². The normalized spacial score (nSPS) is 18.2. The molecule has 1 fully saturated rings. The van der Waals surface area contributed by atoms with Crippen LogP contribution in [-0.4, -0.2) is 40.6 Å². The molecule has 2 N–H and O–H groups in total. The van der Waals surface area contributed by atoms with Crippen LogP contribution in [0.2, 0.25) is 0 Å². The van der Waals surface area contributed by atoms with Gasteiger partial charge in [-0.15, -0.1) is 0 Å². The molecule has 0 saturated carbocycles. The summed E-state index contributed by atoms with van der Waals surface area (Å²) >= 11 is 0. The molecule has 5 heteroatoms. The number of benzene rings is 1. The Bertz CT molecular complexity index is 690. The summed E-state index contributed by atoms with van der Waals surface area (Å²) in [6, 6.07) is 8.63. The zero-order chi connectivity index (χ0) is 16.4. The fourth-order valence-electron chi connectivity index (χ4n) is 3.05. The van der Waals surface area contributed by atoms with Gasteiger partial charge in [0, 0.05) is 30.9 Å². The Hall–Kier alpha value is -2.14. The zero-order valence-electron chi connectivity index (χ0n) is 14.0. The molecule has 1 atom stereocenters. The van der Waals surface area contributed by atoms with Crippen LogP contribution in [0.25, 0.3) is 0 Å². The molecule has 3 rings (SSSR count). The van der Waals surface area contributed by atoms with Crippen LogP contribution in [0.4, 0.5) is 0 Å². The number of amides is 1. The van der Waals surface area contributed by atoms with E-state index in [0.29, 0.717) is 12.2 Å². The van der Waals surface area contributed by atoms with E-state index in [1.165, 1.54) is 11.1 Å². The van der Waals surface area contributed by atoms with Crippen LogP contribution >= 0.6 is 0 Å². The van der Waals surface area contributed by atoms with Crippen LogP contribution in [0, 0.1) is 13.8 Å². The predicted molar refractivity (Wildman–Crippen MR) is 90.5 cm³/mol. The second-order valence-corrected chi connectivity index (χ2v) is 6.14. The summed E-state index contributed by atoms with van der Waals surface area (Å²) in [4.78, 5) is 14.9. The van der Waals surface area contributed by atoms with Crippen molar-refractivity contribution in [2.75, 3.05) is 19.6 Å². The van der Waals surface area contributed by atoms with Crippen molar-refractivity contribution in [3.8, 4) is 0 Å². The number of carbonyl (C=O) groups excluding carboxylic acids is 1. The van der Waals surface area contributed by atoms with Crippen molar-refractivity contribution < 1.29 is 4.79 Å². The summed E-state index contributed by atoms with van der Waals surface area (Å²) in [5.74, 6) is 0.0120. The Morgan fingerprint density at radius 2 is 2.04 bits per heavy atom. The maximum absolute atomic E-state index is 13.0. The Kier molecular flexibility index (Phi) is 4.48. The number of aromatic nitrogens is 2. The highest BCUT2D eigenvalue weighted by Crippen LogP contribution is 2.25. The monoisotopic (exact) mass is 312 g/mol. The van der Waals surface area contributed by atoms with E-state index in [4.69, 9.17) is 0 Å². The number of hydrogen-bond acceptors (Lipinski definition) is 3. The van der Waals surface area contributed by atoms with E-state index >= 15 is 0 Å². The highest BCUT2D eigenvalue weighted by molar-refractivity contribution is 5.94. The van der Waals surface area contributed by atoms with Gasteiger partial charge in [0.15, 0.2) is 5.69 Å². The van der Waals surface area contributed by atoms with E-state index in [2.05, 4.69) is 46.7 Å². The van der Waals surface area contributed by atoms with Gasteiger partial charge in [0.05, 0.1) is 6.04 Å². The molecule has 122 valence electrons. The molecule has 2 aromatic rings. The van der Waals surface area contributed by atoms with Crippen LogP contribution in [0.5, 0.6) is 0 Å². The quantitative estimate of drug-likeness (QED) is 0.915. The summed E-state index contributed by atoms with van der Waals surface area (Å²) in [5, 5.41) is 10.5. The number of H-pyrrole nitrogens is 1. The van der Waals surface area contributed by atoms with Crippen molar-refractivity contribution in [3.63, 3.8) is 0 Å². The standard InChI is InChI=1S/C18H24N4O/c1-4-14-5-7-15(8-6-14)16-11-19-9-10-22(16)18(23)17-12(2)13(3)20-21-17/h5-8,16,19H,4,9-11H2,1-3H3,(H,20,21). The molecule has 5 nitrogen and oxygen atoms in total. The van der Waals surface area contributed by atoms with Crippen LogP contribution in [0.1, 0.15) is 45.8 Å². The van der Waals surface area contributed by atoms with Crippen molar-refractivity contribution >= 4 is 5.91 Å². The summed E-state index contributed by atoms with van der Waals surface area (Å²) in [6.45, 7) is 8.33. The Morgan fingerprint density at radius 1 is 1.30 bits per heavy atom. The summed E-state index contributed by atoms with van der Waals surface area (Å²) < 4.78 is 0. The molecule has 1 aromatic heterocycles. The molecular formula is C18H24N4O. The number of nitrogens with one attached hydrogen (secondary N) is 2. The molecule has 1 amide bonds. The third kappa shape index (κ3) is 3.01. The predicted octanol–water partition coefficient (Wildman–Crippen LogP) is 2.38. The third-order valence-corrected chi connectivity index (χ3v) is 4.73. The Morgan fingerprint density at radius 3 is 2.65 bits per heavy atom. The average molecular weight is 312 g/mol. The number of nitrogens with zero attached hydrogens (tertiary/aromatic N) is 2. The first-order chi connectivity index (χ1) is 11.1. The molecule has 1 aliphatic rings. The first-order valence-corrected chi connectivity index (χ1v) is 8.24. The molecule has 0 bridgehead atoms. The van der Waals surface area contributed by atoms with Crippen molar-refractivity contribution in [2.45, 2.75) is 33.2 Å². The van der Waals surface area contributed by atoms with Crippen LogP contribution in [0.15, 0.2) is 24.3 Å². The van der Waals surface area contributed by atoms with Gasteiger partial charge >= 0.3 is 0 Å². The zero-order valence-corrected chi connectivity index (χ0v) is 14.0. The van der Waals surface area contributed by atoms with E-state index in [9.17, 15) is 4.79 Å². The van der Waals surface area contributed by atoms with Gasteiger partial charge in [-0.1, -0.05) is 31.2 Å². The molecule has 23 heavy (non-hydrogen) atoms. The molecule has 1 saturated heterocycles. The Labute approximate surface area is 137 Å². The van der Waals surface area contributed by atoms with Gasteiger partial charge in [-0.2, -0.15) is 5.10 Å². The molecule has 1 unspecified atom stereocenters. The van der Waals surface area contributed by atoms with Gasteiger partial charge < -0.3 is 10.2 Å². The summed E-state index contributed by atoms with van der Waals surface area (Å²) in [5.41, 5.74) is 4.92. The SMILES string of the molecule is CCc1ccc(C2CNCCN2C(=O)c2n[nH]c(C)c2C)cc1. The average Bonchev–Trinajstić information content (AvgIpc) is 2.93. The van der Waals surface area contributed by atoms with E-state index in [1.807, 2.05) is 18.7 Å². The van der Waals surface area contributed by atoms with Gasteiger partial charge in [0.25, 0.3) is 5.91 Å². The number of hydrogen-bond donors (Lipinski definition) is 2. The second kappa shape index (κ2) is 6.54. The largest absolute Gasteiger partial charge is 0.328 e. The topological polar surface area (TPSA) is 61.0 Å². The van der Waals surface area contributed by atoms with Gasteiger partial charge in [-0.25, -0.2) is 0 Å². The third-order valence-electron chi connectivity index (χ3n) is 4.73. The Balaban J connectivity index is 1.88. The molecule has 0 spiro atoms. The van der Waals surface area contributed by atoms with Crippen molar-refractivity contribution in [1.82, 2.24) is 20.4 Å². The van der Waals surface area contributed by atoms with Crippen LogP contribution < -0.4 is 5.32 Å². The van der Waals surface area contributed by atoms with Gasteiger partial charge in [0.2, 0.25) is 0 Å². The van der Waals surface area contributed by atoms with Crippen molar-refractivity contribution in [2.24, 2.45) is 0 Å². The fraction of sp³-hybridized carbons (Fsp3) is 0.444. The van der Waals surface area contributed by atoms with Gasteiger partial charge in [0.1, 0.15) is 0 Å². The smallest absolute Gasteiger partial charge is 0.275 e. The number of carbonyl (C=O) groups is 1. The lowest BCUT2D eigenvalue weighted by molar-refractivity contribution is 0.0627. The first kappa shape index (κ1) is 15.7. The molecule has 0 aliphatic carbocycles. The van der Waals surface area contributed by atoms with Crippen molar-refractivity contribution in [1.29, 1.82) is 0 Å². The molecule has 1 aliphatic heterocycles. The molecular weight excluding hydrogens is 288 g/mol. The summed E-state index contributed by atoms with van der Waals surface area (Å²) in [6.07, 6.45) is 1.03. The van der Waals surface area contributed by atoms with Crippen molar-refractivity contribution in [3.05, 3.63) is 52.3 Å². The highest BCUT2D eigenvalue weighted by atomic mass is 16.2. The van der Waals surface area contributed by atoms with E-state index < -0.39 is 0 Å². The number of piperazine rings is 1. The maximum atomic E-state index is 13.0. The molecule has 1 aromatic carbocycles. The van der Waals surface area contributed by atoms with E-state index in [-0.39, 0.29) is 11.9 Å². The summed E-state index contributed by atoms with van der Waals surface area (Å²) in [7, 11) is 0. The van der Waals surface area contributed by atoms with Gasteiger partial charge in [-0.05, 0) is 31.4 Å². The minimum absolute atomic E-state index is 0.0120.